The van der Waals surface area contributed by atoms with Crippen molar-refractivity contribution in [2.24, 2.45) is 0 Å². The molecule has 4 nitrogen and oxygen atoms in total. The van der Waals surface area contributed by atoms with Gasteiger partial charge in [-0.15, -0.1) is 0 Å². The van der Waals surface area contributed by atoms with E-state index in [1.807, 2.05) is 36.6 Å². The molecule has 2 heterocycles. The van der Waals surface area contributed by atoms with Crippen molar-refractivity contribution in [3.05, 3.63) is 82.9 Å². The van der Waals surface area contributed by atoms with Crippen molar-refractivity contribution in [2.45, 2.75) is 19.4 Å². The van der Waals surface area contributed by atoms with E-state index in [1.165, 1.54) is 6.07 Å². The summed E-state index contributed by atoms with van der Waals surface area (Å²) >= 11 is -1.43. The van der Waals surface area contributed by atoms with Gasteiger partial charge in [-0.3, -0.25) is 0 Å². The van der Waals surface area contributed by atoms with Gasteiger partial charge in [0.15, 0.2) is 0 Å². The van der Waals surface area contributed by atoms with Crippen molar-refractivity contribution in [3.8, 4) is 11.8 Å². The quantitative estimate of drug-likeness (QED) is 0.280. The molecule has 0 unspecified atom stereocenters. The van der Waals surface area contributed by atoms with E-state index in [0.29, 0.717) is 8.35 Å². The summed E-state index contributed by atoms with van der Waals surface area (Å²) in [4.78, 5) is 14.5. The third-order valence-corrected chi connectivity index (χ3v) is 14.2. The third kappa shape index (κ3) is 4.75. The molecule has 0 amide bonds. The van der Waals surface area contributed by atoms with Crippen molar-refractivity contribution in [1.29, 1.82) is 5.26 Å². The Morgan fingerprint density at radius 2 is 1.97 bits per heavy atom. The van der Waals surface area contributed by atoms with Crippen molar-refractivity contribution >= 4 is 42.3 Å². The van der Waals surface area contributed by atoms with Crippen molar-refractivity contribution in [1.82, 2.24) is 9.78 Å². The summed E-state index contributed by atoms with van der Waals surface area (Å²) in [5, 5.41) is 12.7. The summed E-state index contributed by atoms with van der Waals surface area (Å²) in [6, 6.07) is 13.6. The van der Waals surface area contributed by atoms with Gasteiger partial charge in [0.25, 0.3) is 0 Å². The van der Waals surface area contributed by atoms with Crippen LogP contribution in [-0.2, 0) is 6.18 Å². The first kappa shape index (κ1) is 23.6. The summed E-state index contributed by atoms with van der Waals surface area (Å²) in [5.41, 5.74) is 0.461. The van der Waals surface area contributed by atoms with Gasteiger partial charge in [0.05, 0.1) is 0 Å². The molecule has 0 spiro atoms. The predicted octanol–water partition coefficient (Wildman–Crippen LogP) is 5.94. The summed E-state index contributed by atoms with van der Waals surface area (Å²) in [5.74, 6) is -0.798. The van der Waals surface area contributed by atoms with Crippen LogP contribution in [0, 0.1) is 17.1 Å². The van der Waals surface area contributed by atoms with Gasteiger partial charge in [0.1, 0.15) is 0 Å². The van der Waals surface area contributed by atoms with Crippen LogP contribution >= 0.6 is 11.8 Å². The molecule has 10 heteroatoms. The molecule has 4 rings (SSSR count). The molecule has 2 aromatic carbocycles. The molecule has 0 radical (unpaired) electrons. The van der Waals surface area contributed by atoms with E-state index < -0.39 is 39.1 Å². The fourth-order valence-corrected chi connectivity index (χ4v) is 12.2. The molecule has 0 aliphatic carbocycles. The maximum absolute atomic E-state index is 13.8. The van der Waals surface area contributed by atoms with Crippen LogP contribution in [0.2, 0.25) is 8.35 Å². The Balaban J connectivity index is 1.70. The number of nitrogens with zero attached hydrogens (tertiary/aromatic N) is 3. The van der Waals surface area contributed by atoms with Crippen molar-refractivity contribution in [2.75, 3.05) is 6.26 Å². The Morgan fingerprint density at radius 3 is 2.67 bits per heavy atom. The van der Waals surface area contributed by atoms with Crippen LogP contribution in [0.4, 0.5) is 17.6 Å². The Bertz CT molecular complexity index is 1310. The van der Waals surface area contributed by atoms with E-state index in [9.17, 15) is 22.4 Å². The first-order valence-electron chi connectivity index (χ1n) is 9.97. The van der Waals surface area contributed by atoms with Crippen LogP contribution in [0.15, 0.2) is 59.5 Å². The number of rotatable bonds is 5. The number of thioether (sulfide) groups is 1. The molecular weight excluding hydrogens is 557 g/mol. The van der Waals surface area contributed by atoms with Crippen LogP contribution in [0.1, 0.15) is 27.3 Å². The number of benzene rings is 2. The summed E-state index contributed by atoms with van der Waals surface area (Å²) in [7, 11) is 0. The van der Waals surface area contributed by atoms with Crippen LogP contribution in [0.5, 0.6) is 0 Å². The molecule has 1 aromatic heterocycles. The second-order valence-corrected chi connectivity index (χ2v) is 16.4. The minimum atomic E-state index is -4.75. The number of allylic oxidation sites excluding steroid dienone is 2. The number of carbonyl (C=O) groups is 1. The van der Waals surface area contributed by atoms with E-state index in [1.54, 1.807) is 17.8 Å². The minimum absolute atomic E-state index is 0.0389. The van der Waals surface area contributed by atoms with Gasteiger partial charge in [-0.2, -0.15) is 0 Å². The standard InChI is InChI=1S/C12H4F4N3O.C11H12S.In/c13-10-2-1-8(3-7(10)5-17)19-9(6-20)4-11(18-19)12(14,15)16;1-4-9(2)10-7-5-6-8-11(10)12-3;/h1-4H;4-8H,1-2H2,3H3;. The SMILES string of the molecule is CSc1ccccc1C1=C[CH2][In]([C](=O)c2cc(C(F)(F)F)nn2-c2ccc(F)c(C#N)c2)[CH2]1. The summed E-state index contributed by atoms with van der Waals surface area (Å²) in [6.45, 7) is 0. The average molecular weight is 573 g/mol. The monoisotopic (exact) mass is 573 g/mol. The summed E-state index contributed by atoms with van der Waals surface area (Å²) in [6.07, 6.45) is -0.745. The second-order valence-electron chi connectivity index (χ2n) is 7.53. The Kier molecular flexibility index (Phi) is 6.73. The second kappa shape index (κ2) is 9.39. The number of alkyl halides is 3. The van der Waals surface area contributed by atoms with Gasteiger partial charge in [-0.05, 0) is 0 Å². The normalized spacial score (nSPS) is 13.7. The van der Waals surface area contributed by atoms with Gasteiger partial charge in [0.2, 0.25) is 0 Å². The molecule has 3 aromatic rings. The third-order valence-electron chi connectivity index (χ3n) is 5.51. The number of hydrogen-bond acceptors (Lipinski definition) is 4. The molecule has 1 aliphatic rings. The number of nitriles is 1. The van der Waals surface area contributed by atoms with E-state index in [0.717, 1.165) is 38.9 Å². The van der Waals surface area contributed by atoms with Crippen LogP contribution in [0.25, 0.3) is 11.3 Å². The van der Waals surface area contributed by atoms with E-state index >= 15 is 0 Å². The van der Waals surface area contributed by atoms with E-state index in [2.05, 4.69) is 5.10 Å². The average Bonchev–Trinajstić information content (AvgIpc) is 3.47. The molecule has 0 saturated carbocycles. The fraction of sp³-hybridized carbons (Fsp3) is 0.174. The predicted molar refractivity (Wildman–Crippen MR) is 119 cm³/mol. The molecule has 166 valence electrons. The zero-order valence-corrected chi connectivity index (χ0v) is 21.5. The molecule has 0 fully saturated rings. The number of hydrogen-bond donors (Lipinski definition) is 0. The van der Waals surface area contributed by atoms with Gasteiger partial charge < -0.3 is 0 Å². The van der Waals surface area contributed by atoms with Crippen LogP contribution < -0.4 is 0 Å². The Morgan fingerprint density at radius 1 is 1.21 bits per heavy atom. The first-order chi connectivity index (χ1) is 15.7. The van der Waals surface area contributed by atoms with Crippen LogP contribution in [0.3, 0.4) is 0 Å². The molecule has 0 saturated heterocycles. The van der Waals surface area contributed by atoms with Crippen LogP contribution in [-0.4, -0.2) is 41.0 Å². The zero-order chi connectivity index (χ0) is 23.8. The molecule has 0 atom stereocenters. The number of aromatic nitrogens is 2. The topological polar surface area (TPSA) is 58.7 Å². The first-order valence-corrected chi connectivity index (χ1v) is 17.5. The van der Waals surface area contributed by atoms with Crippen molar-refractivity contribution < 1.29 is 22.4 Å². The van der Waals surface area contributed by atoms with E-state index in [-0.39, 0.29) is 20.5 Å². The van der Waals surface area contributed by atoms with Gasteiger partial charge in [-0.1, -0.05) is 0 Å². The zero-order valence-electron chi connectivity index (χ0n) is 17.4. The Hall–Kier alpha value is -2.51. The molecule has 0 bridgehead atoms. The van der Waals surface area contributed by atoms with Gasteiger partial charge >= 0.3 is 200 Å². The molecule has 33 heavy (non-hydrogen) atoms. The molecule has 1 aliphatic heterocycles. The number of carbonyl (C=O) groups excluding carboxylic acids is 1. The number of halogens is 4. The van der Waals surface area contributed by atoms with E-state index in [4.69, 9.17) is 5.26 Å². The Labute approximate surface area is 199 Å². The van der Waals surface area contributed by atoms with Gasteiger partial charge in [-0.25, -0.2) is 0 Å². The van der Waals surface area contributed by atoms with Gasteiger partial charge in [0, 0.05) is 0 Å². The van der Waals surface area contributed by atoms with Crippen molar-refractivity contribution in [3.63, 3.8) is 0 Å². The fourth-order valence-electron chi connectivity index (χ4n) is 3.88. The summed E-state index contributed by atoms with van der Waals surface area (Å²) < 4.78 is 55.8. The maximum atomic E-state index is 13.8. The molecular formula is C23H16F4InN3OS. The molecule has 0 N–H and O–H groups in total.